The fourth-order valence-electron chi connectivity index (χ4n) is 7.18. The van der Waals surface area contributed by atoms with E-state index in [4.69, 9.17) is 19.4 Å². The number of furan rings is 1. The Morgan fingerprint density at radius 3 is 1.55 bits per heavy atom. The van der Waals surface area contributed by atoms with Gasteiger partial charge >= 0.3 is 0 Å². The Labute approximate surface area is 294 Å². The first-order valence-corrected chi connectivity index (χ1v) is 17.1. The number of hydrogen-bond donors (Lipinski definition) is 0. The molecule has 0 aliphatic rings. The van der Waals surface area contributed by atoms with Crippen molar-refractivity contribution >= 4 is 43.5 Å². The molecular weight excluding hydrogens is 623 g/mol. The molecule has 4 nitrogen and oxygen atoms in total. The number of hydrogen-bond acceptors (Lipinski definition) is 4. The van der Waals surface area contributed by atoms with Crippen molar-refractivity contribution in [2.45, 2.75) is 0 Å². The molecule has 0 atom stereocenters. The van der Waals surface area contributed by atoms with Crippen LogP contribution in [-0.2, 0) is 0 Å². The van der Waals surface area contributed by atoms with Crippen LogP contribution in [-0.4, -0.2) is 15.0 Å². The van der Waals surface area contributed by atoms with Crippen molar-refractivity contribution in [2.75, 3.05) is 0 Å². The van der Waals surface area contributed by atoms with E-state index in [1.54, 1.807) is 0 Å². The van der Waals surface area contributed by atoms with E-state index in [1.165, 1.54) is 21.9 Å². The van der Waals surface area contributed by atoms with Gasteiger partial charge in [0.05, 0.1) is 0 Å². The van der Waals surface area contributed by atoms with Gasteiger partial charge in [-0.2, -0.15) is 0 Å². The molecule has 8 aromatic carbocycles. The Balaban J connectivity index is 1.09. The van der Waals surface area contributed by atoms with Gasteiger partial charge in [0.25, 0.3) is 0 Å². The number of aromatic nitrogens is 3. The zero-order chi connectivity index (χ0) is 33.7. The molecule has 10 aromatic rings. The van der Waals surface area contributed by atoms with Crippen LogP contribution in [0.25, 0.3) is 99.9 Å². The van der Waals surface area contributed by atoms with E-state index in [2.05, 4.69) is 146 Å². The molecule has 0 amide bonds. The minimum absolute atomic E-state index is 0.625. The maximum atomic E-state index is 6.78. The summed E-state index contributed by atoms with van der Waals surface area (Å²) in [5.41, 5.74) is 9.08. The molecule has 51 heavy (non-hydrogen) atoms. The monoisotopic (exact) mass is 651 g/mol. The number of rotatable bonds is 5. The number of fused-ring (bicyclic) bond motifs is 6. The van der Waals surface area contributed by atoms with E-state index in [0.717, 1.165) is 60.5 Å². The minimum atomic E-state index is 0.625. The first kappa shape index (κ1) is 29.0. The first-order chi connectivity index (χ1) is 25.3. The largest absolute Gasteiger partial charge is 0.455 e. The Morgan fingerprint density at radius 2 is 0.804 bits per heavy atom. The fourth-order valence-corrected chi connectivity index (χ4v) is 7.18. The van der Waals surface area contributed by atoms with Crippen LogP contribution in [0.4, 0.5) is 0 Å². The van der Waals surface area contributed by atoms with Gasteiger partial charge in [0.15, 0.2) is 17.5 Å². The van der Waals surface area contributed by atoms with Crippen molar-refractivity contribution in [1.82, 2.24) is 15.0 Å². The lowest BCUT2D eigenvalue weighted by Crippen LogP contribution is -2.00. The molecule has 4 heteroatoms. The van der Waals surface area contributed by atoms with E-state index in [0.29, 0.717) is 17.5 Å². The van der Waals surface area contributed by atoms with Crippen molar-refractivity contribution in [1.29, 1.82) is 0 Å². The predicted molar refractivity (Wildman–Crippen MR) is 209 cm³/mol. The van der Waals surface area contributed by atoms with Crippen molar-refractivity contribution in [3.63, 3.8) is 0 Å². The standard InChI is InChI=1S/C47H29N3O/c1-3-13-31(14-4-1)41-29-42-40-21-11-20-37(43(40)51-44(42)39-19-10-9-18-38(39)41)32-23-25-34(26-24-32)46-48-45(33-15-5-2-6-16-33)49-47(50-46)36-27-22-30-12-7-8-17-35(30)28-36/h1-29H. The van der Waals surface area contributed by atoms with Crippen LogP contribution in [0.5, 0.6) is 0 Å². The van der Waals surface area contributed by atoms with Crippen molar-refractivity contribution in [3.05, 3.63) is 176 Å². The molecule has 0 aliphatic carbocycles. The Bertz CT molecular complexity index is 2900. The van der Waals surface area contributed by atoms with Crippen LogP contribution in [0.1, 0.15) is 0 Å². The van der Waals surface area contributed by atoms with E-state index in [1.807, 2.05) is 30.3 Å². The zero-order valence-corrected chi connectivity index (χ0v) is 27.5. The third-order valence-electron chi connectivity index (χ3n) is 9.72. The highest BCUT2D eigenvalue weighted by atomic mass is 16.3. The second-order valence-corrected chi connectivity index (χ2v) is 12.8. The van der Waals surface area contributed by atoms with Crippen LogP contribution < -0.4 is 0 Å². The van der Waals surface area contributed by atoms with E-state index in [9.17, 15) is 0 Å². The number of para-hydroxylation sites is 1. The molecule has 0 bridgehead atoms. The molecule has 0 radical (unpaired) electrons. The van der Waals surface area contributed by atoms with Gasteiger partial charge in [0, 0.05) is 38.4 Å². The molecule has 0 N–H and O–H groups in total. The lowest BCUT2D eigenvalue weighted by Gasteiger charge is -2.10. The molecule has 0 unspecified atom stereocenters. The van der Waals surface area contributed by atoms with Crippen molar-refractivity contribution in [2.24, 2.45) is 0 Å². The summed E-state index contributed by atoms with van der Waals surface area (Å²) in [5, 5.41) is 6.82. The molecule has 0 saturated carbocycles. The molecule has 0 fully saturated rings. The maximum absolute atomic E-state index is 6.78. The number of benzene rings is 8. The SMILES string of the molecule is c1ccc(-c2nc(-c3ccc(-c4cccc5c4oc4c6ccccc6c(-c6ccccc6)cc54)cc3)nc(-c3ccc4ccccc4c3)n2)cc1. The quantitative estimate of drug-likeness (QED) is 0.186. The van der Waals surface area contributed by atoms with Gasteiger partial charge < -0.3 is 4.42 Å². The average Bonchev–Trinajstić information content (AvgIpc) is 3.60. The zero-order valence-electron chi connectivity index (χ0n) is 27.5. The van der Waals surface area contributed by atoms with Crippen LogP contribution in [0.2, 0.25) is 0 Å². The van der Waals surface area contributed by atoms with Gasteiger partial charge in [-0.3, -0.25) is 0 Å². The molecule has 0 aliphatic heterocycles. The molecule has 0 saturated heterocycles. The number of nitrogens with zero attached hydrogens (tertiary/aromatic N) is 3. The lowest BCUT2D eigenvalue weighted by atomic mass is 9.95. The fraction of sp³-hybridized carbons (Fsp3) is 0. The summed E-state index contributed by atoms with van der Waals surface area (Å²) in [5.74, 6) is 1.91. The van der Waals surface area contributed by atoms with Gasteiger partial charge in [-0.15, -0.1) is 0 Å². The predicted octanol–water partition coefficient (Wildman–Crippen LogP) is 12.4. The van der Waals surface area contributed by atoms with Gasteiger partial charge in [-0.05, 0) is 45.0 Å². The van der Waals surface area contributed by atoms with Crippen LogP contribution in [0, 0.1) is 0 Å². The maximum Gasteiger partial charge on any atom is 0.164 e. The molecule has 10 rings (SSSR count). The minimum Gasteiger partial charge on any atom is -0.455 e. The second-order valence-electron chi connectivity index (χ2n) is 12.8. The van der Waals surface area contributed by atoms with Crippen molar-refractivity contribution < 1.29 is 4.42 Å². The summed E-state index contributed by atoms with van der Waals surface area (Å²) >= 11 is 0. The highest BCUT2D eigenvalue weighted by molar-refractivity contribution is 6.20. The topological polar surface area (TPSA) is 51.8 Å². The Kier molecular flexibility index (Phi) is 6.78. The summed E-state index contributed by atoms with van der Waals surface area (Å²) in [6.07, 6.45) is 0. The van der Waals surface area contributed by atoms with Gasteiger partial charge in [0.1, 0.15) is 11.2 Å². The smallest absolute Gasteiger partial charge is 0.164 e. The summed E-state index contributed by atoms with van der Waals surface area (Å²) in [6, 6.07) is 61.0. The molecule has 0 spiro atoms. The Hall–Kier alpha value is -6.91. The third-order valence-corrected chi connectivity index (χ3v) is 9.72. The van der Waals surface area contributed by atoms with E-state index in [-0.39, 0.29) is 0 Å². The van der Waals surface area contributed by atoms with Crippen LogP contribution in [0.15, 0.2) is 180 Å². The molecular formula is C47H29N3O. The molecule has 2 aromatic heterocycles. The van der Waals surface area contributed by atoms with Crippen LogP contribution >= 0.6 is 0 Å². The average molecular weight is 652 g/mol. The first-order valence-electron chi connectivity index (χ1n) is 17.1. The Morgan fingerprint density at radius 1 is 0.294 bits per heavy atom. The normalized spacial score (nSPS) is 11.5. The summed E-state index contributed by atoms with van der Waals surface area (Å²) in [4.78, 5) is 14.9. The molecule has 238 valence electrons. The highest BCUT2D eigenvalue weighted by Gasteiger charge is 2.18. The van der Waals surface area contributed by atoms with E-state index < -0.39 is 0 Å². The third kappa shape index (κ3) is 5.04. The summed E-state index contributed by atoms with van der Waals surface area (Å²) < 4.78 is 6.78. The van der Waals surface area contributed by atoms with Crippen molar-refractivity contribution in [3.8, 4) is 56.4 Å². The summed E-state index contributed by atoms with van der Waals surface area (Å²) in [7, 11) is 0. The second kappa shape index (κ2) is 11.9. The van der Waals surface area contributed by atoms with E-state index >= 15 is 0 Å². The van der Waals surface area contributed by atoms with Gasteiger partial charge in [0.2, 0.25) is 0 Å². The van der Waals surface area contributed by atoms with Gasteiger partial charge in [-0.1, -0.05) is 164 Å². The lowest BCUT2D eigenvalue weighted by molar-refractivity contribution is 0.674. The van der Waals surface area contributed by atoms with Crippen LogP contribution in [0.3, 0.4) is 0 Å². The molecule has 2 heterocycles. The highest BCUT2D eigenvalue weighted by Crippen LogP contribution is 2.42. The van der Waals surface area contributed by atoms with Gasteiger partial charge in [-0.25, -0.2) is 15.0 Å². The summed E-state index contributed by atoms with van der Waals surface area (Å²) in [6.45, 7) is 0.